The SMILES string of the molecule is CC(C)(C)OC(=O)N1C[C@@H](CCC(Nc2cccc(S(=O)(=O)NC(=O)c3cccnc3Cl)n2)c2ccccc2)CC1(C)C.CC1(C)C[C@H](CCC(Nc2cccc(S(=O)(=O)NC(=O)c3cccnc3Cl)n2)c2ccccc2)CN1. The van der Waals surface area contributed by atoms with Gasteiger partial charge in [-0.05, 0) is 165 Å². The van der Waals surface area contributed by atoms with Crippen LogP contribution in [0.1, 0.15) is 131 Å². The Labute approximate surface area is 473 Å². The third-order valence-electron chi connectivity index (χ3n) is 13.5. The van der Waals surface area contributed by atoms with E-state index >= 15 is 0 Å². The minimum absolute atomic E-state index is 0.0363. The number of hydrogen-bond donors (Lipinski definition) is 5. The summed E-state index contributed by atoms with van der Waals surface area (Å²) in [6.07, 6.45) is 7.86. The third kappa shape index (κ3) is 16.9. The molecule has 2 aromatic carbocycles. The summed E-state index contributed by atoms with van der Waals surface area (Å²) in [6, 6.07) is 34.6. The molecule has 2 fully saturated rings. The number of ether oxygens (including phenoxy) is 1. The van der Waals surface area contributed by atoms with Gasteiger partial charge in [0.1, 0.15) is 27.5 Å². The Balaban J connectivity index is 0.000000232. The summed E-state index contributed by atoms with van der Waals surface area (Å²) in [4.78, 5) is 56.1. The van der Waals surface area contributed by atoms with Crippen molar-refractivity contribution in [3.63, 3.8) is 0 Å². The highest BCUT2D eigenvalue weighted by atomic mass is 35.5. The van der Waals surface area contributed by atoms with Gasteiger partial charge in [0.15, 0.2) is 10.1 Å². The van der Waals surface area contributed by atoms with Crippen molar-refractivity contribution in [1.82, 2.24) is 39.6 Å². The topological polar surface area (TPSA) is 244 Å². The number of likely N-dealkylation sites (tertiary alicyclic amines) is 1. The van der Waals surface area contributed by atoms with Gasteiger partial charge in [-0.2, -0.15) is 16.8 Å². The smallest absolute Gasteiger partial charge is 0.410 e. The van der Waals surface area contributed by atoms with E-state index < -0.39 is 37.5 Å². The molecule has 420 valence electrons. The van der Waals surface area contributed by atoms with Gasteiger partial charge < -0.3 is 25.6 Å². The standard InChI is InChI=1S/C31H38ClN5O5S.C26H30ClN5O3S/c1-30(2,3)42-29(39)37-20-21(19-31(37,4)5)16-17-24(22-11-7-6-8-12-22)34-25-14-9-15-26(35-25)43(40,41)36-28(38)23-13-10-18-33-27(23)32;1-26(2)16-18(17-29-26)13-14-21(19-8-4-3-5-9-19)30-22-11-6-12-23(31-22)36(34,35)32-25(33)20-10-7-15-28-24(20)27/h6-15,18,21,24H,16-17,19-20H2,1-5H3,(H,34,35)(H,36,38);3-12,15,18,21,29H,13-14,16-17H2,1-2H3,(H,30,31)(H,32,33)/t21-,24?;18-,21?/m00/s1. The lowest BCUT2D eigenvalue weighted by Gasteiger charge is -2.33. The molecule has 0 aliphatic carbocycles. The summed E-state index contributed by atoms with van der Waals surface area (Å²) in [6.45, 7) is 15.7. The van der Waals surface area contributed by atoms with Crippen LogP contribution >= 0.6 is 23.2 Å². The van der Waals surface area contributed by atoms with Crippen LogP contribution in [-0.2, 0) is 24.8 Å². The van der Waals surface area contributed by atoms with Crippen LogP contribution in [0.25, 0.3) is 0 Å². The second-order valence-corrected chi connectivity index (χ2v) is 25.9. The molecule has 4 aromatic heterocycles. The molecule has 6 aromatic rings. The maximum Gasteiger partial charge on any atom is 0.410 e. The maximum absolute atomic E-state index is 13.0. The monoisotopic (exact) mass is 1150 g/mol. The Bertz CT molecular complexity index is 3320. The number of anilines is 2. The van der Waals surface area contributed by atoms with E-state index in [-0.39, 0.29) is 66.7 Å². The van der Waals surface area contributed by atoms with Crippen molar-refractivity contribution >= 4 is 72.8 Å². The quantitative estimate of drug-likeness (QED) is 0.0503. The van der Waals surface area contributed by atoms with Crippen LogP contribution in [0.4, 0.5) is 16.4 Å². The number of pyridine rings is 4. The van der Waals surface area contributed by atoms with Gasteiger partial charge in [-0.1, -0.05) is 96.0 Å². The molecule has 3 amide bonds. The van der Waals surface area contributed by atoms with Crippen LogP contribution in [0.5, 0.6) is 0 Å². The zero-order valence-corrected chi connectivity index (χ0v) is 48.4. The Hall–Kier alpha value is -6.71. The fourth-order valence-electron chi connectivity index (χ4n) is 9.75. The molecule has 0 spiro atoms. The minimum Gasteiger partial charge on any atom is -0.444 e. The lowest BCUT2D eigenvalue weighted by Crippen LogP contribution is -2.45. The second kappa shape index (κ2) is 25.6. The van der Waals surface area contributed by atoms with Crippen molar-refractivity contribution in [3.8, 4) is 0 Å². The number of carbonyl (C=O) groups excluding carboxylic acids is 3. The summed E-state index contributed by atoms with van der Waals surface area (Å²) >= 11 is 11.9. The first-order valence-corrected chi connectivity index (χ1v) is 29.7. The van der Waals surface area contributed by atoms with Gasteiger partial charge in [0, 0.05) is 30.0 Å². The summed E-state index contributed by atoms with van der Waals surface area (Å²) in [5.41, 5.74) is 1.25. The largest absolute Gasteiger partial charge is 0.444 e. The van der Waals surface area contributed by atoms with Crippen molar-refractivity contribution < 1.29 is 36.0 Å². The van der Waals surface area contributed by atoms with Gasteiger partial charge in [0.25, 0.3) is 31.9 Å². The van der Waals surface area contributed by atoms with E-state index in [1.165, 1.54) is 48.8 Å². The number of halogens is 2. The van der Waals surface area contributed by atoms with E-state index in [0.29, 0.717) is 30.5 Å². The van der Waals surface area contributed by atoms with E-state index in [1.807, 2.05) is 95.8 Å². The van der Waals surface area contributed by atoms with Gasteiger partial charge >= 0.3 is 6.09 Å². The van der Waals surface area contributed by atoms with Crippen molar-refractivity contribution in [2.24, 2.45) is 11.8 Å². The molecule has 0 bridgehead atoms. The Morgan fingerprint density at radius 2 is 1.10 bits per heavy atom. The zero-order valence-electron chi connectivity index (χ0n) is 45.2. The zero-order chi connectivity index (χ0) is 57.2. The number of nitrogens with zero attached hydrogens (tertiary/aromatic N) is 5. The highest BCUT2D eigenvalue weighted by Gasteiger charge is 2.43. The summed E-state index contributed by atoms with van der Waals surface area (Å²) < 4.78 is 61.6. The molecule has 0 saturated carbocycles. The molecule has 6 heterocycles. The average Bonchev–Trinajstić information content (AvgIpc) is 3.94. The molecular weight excluding hydrogens is 1090 g/mol. The number of hydrogen-bond acceptors (Lipinski definition) is 15. The number of aromatic nitrogens is 4. The van der Waals surface area contributed by atoms with Crippen molar-refractivity contribution in [2.75, 3.05) is 23.7 Å². The fourth-order valence-corrected chi connectivity index (χ4v) is 12.0. The van der Waals surface area contributed by atoms with E-state index in [2.05, 4.69) is 63.6 Å². The predicted octanol–water partition coefficient (Wildman–Crippen LogP) is 10.8. The molecule has 0 radical (unpaired) electrons. The van der Waals surface area contributed by atoms with Crippen molar-refractivity contribution in [2.45, 2.75) is 126 Å². The van der Waals surface area contributed by atoms with Crippen molar-refractivity contribution in [3.05, 3.63) is 166 Å². The lowest BCUT2D eigenvalue weighted by atomic mass is 9.90. The van der Waals surface area contributed by atoms with Crippen LogP contribution in [0, 0.1) is 11.8 Å². The number of benzene rings is 2. The van der Waals surface area contributed by atoms with Gasteiger partial charge in [0.05, 0.1) is 23.2 Å². The van der Waals surface area contributed by atoms with Gasteiger partial charge in [-0.25, -0.2) is 34.2 Å². The molecule has 79 heavy (non-hydrogen) atoms. The van der Waals surface area contributed by atoms with E-state index in [0.717, 1.165) is 49.8 Å². The minimum atomic E-state index is -4.30. The van der Waals surface area contributed by atoms with E-state index in [9.17, 15) is 31.2 Å². The van der Waals surface area contributed by atoms with Gasteiger partial charge in [-0.3, -0.25) is 9.59 Å². The molecule has 18 nitrogen and oxygen atoms in total. The number of sulfonamides is 2. The highest BCUT2D eigenvalue weighted by molar-refractivity contribution is 7.90. The number of nitrogens with one attached hydrogen (secondary N) is 5. The van der Waals surface area contributed by atoms with Gasteiger partial charge in [0.2, 0.25) is 0 Å². The fraction of sp³-hybridized carbons (Fsp3) is 0.386. The molecule has 2 unspecified atom stereocenters. The summed E-state index contributed by atoms with van der Waals surface area (Å²) in [5, 5.41) is 9.59. The Morgan fingerprint density at radius 1 is 0.646 bits per heavy atom. The van der Waals surface area contributed by atoms with Crippen LogP contribution in [0.3, 0.4) is 0 Å². The first kappa shape index (κ1) is 59.9. The molecule has 22 heteroatoms. The lowest BCUT2D eigenvalue weighted by molar-refractivity contribution is 0.0130. The molecule has 4 atom stereocenters. The maximum atomic E-state index is 13.0. The molecule has 2 aliphatic heterocycles. The Kier molecular flexibility index (Phi) is 19.4. The molecule has 5 N–H and O–H groups in total. The highest BCUT2D eigenvalue weighted by Crippen LogP contribution is 2.38. The van der Waals surface area contributed by atoms with Crippen molar-refractivity contribution in [1.29, 1.82) is 0 Å². The van der Waals surface area contributed by atoms with Crippen LogP contribution in [-0.4, -0.2) is 89.3 Å². The third-order valence-corrected chi connectivity index (χ3v) is 16.5. The first-order chi connectivity index (χ1) is 37.3. The normalized spacial score (nSPS) is 17.6. The number of rotatable bonds is 18. The first-order valence-electron chi connectivity index (χ1n) is 26.0. The predicted molar refractivity (Wildman–Crippen MR) is 306 cm³/mol. The average molecular weight is 1160 g/mol. The second-order valence-electron chi connectivity index (χ2n) is 22.0. The molecule has 8 rings (SSSR count). The van der Waals surface area contributed by atoms with E-state index in [1.54, 1.807) is 24.3 Å². The summed E-state index contributed by atoms with van der Waals surface area (Å²) in [7, 11) is -8.53. The number of carbonyl (C=O) groups is 3. The Morgan fingerprint density at radius 3 is 1.52 bits per heavy atom. The van der Waals surface area contributed by atoms with Crippen LogP contribution in [0.2, 0.25) is 10.3 Å². The molecule has 2 aliphatic rings. The molecule has 2 saturated heterocycles. The van der Waals surface area contributed by atoms with Gasteiger partial charge in [-0.15, -0.1) is 0 Å². The number of amides is 3. The van der Waals surface area contributed by atoms with E-state index in [4.69, 9.17) is 27.9 Å². The summed E-state index contributed by atoms with van der Waals surface area (Å²) in [5.74, 6) is -0.204. The van der Waals surface area contributed by atoms with Crippen LogP contribution in [0.15, 0.2) is 144 Å². The molecular formula is C57H68Cl2N10O8S2. The van der Waals surface area contributed by atoms with Crippen LogP contribution < -0.4 is 25.4 Å².